The first-order valence-electron chi connectivity index (χ1n) is 19.2. The summed E-state index contributed by atoms with van der Waals surface area (Å²) < 4.78 is 0. The van der Waals surface area contributed by atoms with Crippen LogP contribution in [0.3, 0.4) is 0 Å². The van der Waals surface area contributed by atoms with Crippen molar-refractivity contribution in [2.24, 2.45) is 0 Å². The van der Waals surface area contributed by atoms with E-state index < -0.39 is 12.1 Å². The SMILES string of the molecule is CC(=O)[O-].CCO.CCO.[Fe+2].[Fe+2].[Fe+2].[Fe+2].[N-]=C=S.[N-]=C=S.[N-]=C=S.[O-]C(CCNCc1ccccn1)CCNCc1ccccn1.[O-]Cc1ccccn1.[O-]Cc1ccccn1.[O-]Cc1ccccn1. The number of aliphatic hydroxyl groups excluding tert-OH is 2. The van der Waals surface area contributed by atoms with E-state index in [0.29, 0.717) is 43.0 Å². The minimum Gasteiger partial charge on any atom is -0.852 e. The van der Waals surface area contributed by atoms with E-state index in [0.717, 1.165) is 31.4 Å². The number of nitrogens with zero attached hydrogens (tertiary/aromatic N) is 8. The van der Waals surface area contributed by atoms with Crippen LogP contribution in [0.25, 0.3) is 16.2 Å². The van der Waals surface area contributed by atoms with Gasteiger partial charge in [-0.1, -0.05) is 99.6 Å². The summed E-state index contributed by atoms with van der Waals surface area (Å²) in [5.41, 5.74) is 3.82. The topological polar surface area (TPSA) is 328 Å². The third kappa shape index (κ3) is 78.8. The Morgan fingerprint density at radius 3 is 0.884 bits per heavy atom. The summed E-state index contributed by atoms with van der Waals surface area (Å²) in [5, 5.41) is 98.0. The Kier molecular flexibility index (Phi) is 93.7. The Labute approximate surface area is 464 Å². The summed E-state index contributed by atoms with van der Waals surface area (Å²) in [6.07, 6.45) is 9.15. The second-order valence-electron chi connectivity index (χ2n) is 11.0. The van der Waals surface area contributed by atoms with E-state index in [2.05, 4.69) is 72.2 Å². The molecular formula is C44H56Fe4N10O8S3. The molecule has 5 aromatic rings. The first kappa shape index (κ1) is 85.2. The van der Waals surface area contributed by atoms with Gasteiger partial charge >= 0.3 is 68.3 Å². The molecule has 25 heteroatoms. The molecule has 5 heterocycles. The van der Waals surface area contributed by atoms with Gasteiger partial charge in [0.1, 0.15) is 0 Å². The molecule has 0 saturated carbocycles. The molecule has 0 unspecified atom stereocenters. The standard InChI is InChI=1S/C17H23N4O.3C6H6NO.C2H4O2.2C2H6O.3CNS.4Fe/c22-17(7-11-18-13-15-5-1-3-9-20-15)8-12-19-14-16-6-2-4-10-21-16;3*8-5-6-3-1-2-4-7-6;1-2(3)4;2*1-2-3;3*2-1-3;;;;/h1-6,9-10,17-19H,7-8,11-14H2;3*1-4H,5H2;1H3,(H,3,4);2*3H,2H2,1H3;;;;;;;/q4*-1;;;;3*-1;4*+2/p-1. The molecular weight excluding hydrogens is 1120 g/mol. The number of aliphatic hydroxyl groups is 2. The third-order valence-corrected chi connectivity index (χ3v) is 5.97. The van der Waals surface area contributed by atoms with Gasteiger partial charge in [-0.15, -0.1) is 6.10 Å². The summed E-state index contributed by atoms with van der Waals surface area (Å²) in [4.78, 5) is 28.7. The fourth-order valence-corrected chi connectivity index (χ4v) is 3.56. The maximum absolute atomic E-state index is 11.8. The first-order valence-corrected chi connectivity index (χ1v) is 20.4. The van der Waals surface area contributed by atoms with Gasteiger partial charge in [0.05, 0.1) is 11.4 Å². The van der Waals surface area contributed by atoms with Gasteiger partial charge in [-0.05, 0) is 94.5 Å². The molecule has 5 aromatic heterocycles. The Balaban J connectivity index is -0.0000000926. The number of pyridine rings is 5. The largest absolute Gasteiger partial charge is 2.00 e. The van der Waals surface area contributed by atoms with E-state index in [-0.39, 0.29) is 101 Å². The normalized spacial score (nSPS) is 7.91. The number of carboxylic acids is 1. The van der Waals surface area contributed by atoms with Gasteiger partial charge in [0.2, 0.25) is 0 Å². The van der Waals surface area contributed by atoms with Gasteiger partial charge in [-0.25, -0.2) is 0 Å². The number of rotatable bonds is 13. The Morgan fingerprint density at radius 1 is 0.551 bits per heavy atom. The number of thiocarbonyl (C=S) groups is 3. The fraction of sp³-hybridized carbons (Fsp3) is 0.341. The Bertz CT molecular complexity index is 1650. The molecule has 380 valence electrons. The van der Waals surface area contributed by atoms with E-state index in [4.69, 9.17) is 36.3 Å². The zero-order chi connectivity index (χ0) is 50.0. The predicted molar refractivity (Wildman–Crippen MR) is 253 cm³/mol. The van der Waals surface area contributed by atoms with Crippen LogP contribution in [0.2, 0.25) is 0 Å². The van der Waals surface area contributed by atoms with E-state index in [1.54, 1.807) is 99.4 Å². The van der Waals surface area contributed by atoms with Gasteiger partial charge in [-0.3, -0.25) is 24.9 Å². The quantitative estimate of drug-likeness (QED) is 0.0560. The van der Waals surface area contributed by atoms with Gasteiger partial charge in [-0.2, -0.15) is 15.5 Å². The van der Waals surface area contributed by atoms with Gasteiger partial charge in [0.15, 0.2) is 0 Å². The van der Waals surface area contributed by atoms with Crippen LogP contribution in [-0.4, -0.2) is 89.0 Å². The van der Waals surface area contributed by atoms with E-state index in [1.165, 1.54) is 15.5 Å². The predicted octanol–water partition coefficient (Wildman–Crippen LogP) is 1.41. The molecule has 5 rings (SSSR count). The zero-order valence-corrected chi connectivity index (χ0v) is 44.8. The smallest absolute Gasteiger partial charge is 0.852 e. The molecule has 0 spiro atoms. The van der Waals surface area contributed by atoms with Crippen molar-refractivity contribution in [3.8, 4) is 0 Å². The van der Waals surface area contributed by atoms with Crippen molar-refractivity contribution in [1.29, 1.82) is 0 Å². The van der Waals surface area contributed by atoms with Crippen molar-refractivity contribution in [3.63, 3.8) is 0 Å². The number of carboxylic acid groups (broad SMARTS) is 1. The average Bonchev–Trinajstić information content (AvgIpc) is 3.32. The van der Waals surface area contributed by atoms with Crippen LogP contribution in [0.1, 0.15) is 62.1 Å². The maximum atomic E-state index is 11.8. The van der Waals surface area contributed by atoms with Crippen LogP contribution in [0, 0.1) is 0 Å². The van der Waals surface area contributed by atoms with Crippen LogP contribution < -0.4 is 36.2 Å². The molecule has 0 aromatic carbocycles. The molecule has 0 radical (unpaired) electrons. The molecule has 0 saturated heterocycles. The molecule has 0 amide bonds. The van der Waals surface area contributed by atoms with E-state index >= 15 is 0 Å². The minimum atomic E-state index is -1.08. The molecule has 0 fully saturated rings. The van der Waals surface area contributed by atoms with E-state index in [1.807, 2.05) is 36.4 Å². The van der Waals surface area contributed by atoms with Crippen molar-refractivity contribution in [2.45, 2.75) is 72.6 Å². The maximum Gasteiger partial charge on any atom is 2.00 e. The number of carbonyl (C=O) groups is 1. The summed E-state index contributed by atoms with van der Waals surface area (Å²) in [6.45, 7) is 7.05. The van der Waals surface area contributed by atoms with Crippen molar-refractivity contribution in [3.05, 3.63) is 167 Å². The molecule has 0 bridgehead atoms. The number of aliphatic carboxylic acids is 1. The van der Waals surface area contributed by atoms with Crippen molar-refractivity contribution in [2.75, 3.05) is 26.3 Å². The molecule has 0 aliphatic carbocycles. The number of nitrogens with one attached hydrogen (secondary N) is 2. The molecule has 0 aliphatic rings. The molecule has 0 aliphatic heterocycles. The molecule has 0 atom stereocenters. The number of aromatic nitrogens is 5. The van der Waals surface area contributed by atoms with Crippen molar-refractivity contribution < 1.29 is 109 Å². The van der Waals surface area contributed by atoms with E-state index in [9.17, 15) is 20.4 Å². The van der Waals surface area contributed by atoms with Gasteiger partial charge in [0.25, 0.3) is 0 Å². The minimum absolute atomic E-state index is 0. The number of isothiocyanates is 3. The van der Waals surface area contributed by atoms with Crippen molar-refractivity contribution in [1.82, 2.24) is 35.6 Å². The number of hydrogen-bond donors (Lipinski definition) is 4. The molecule has 69 heavy (non-hydrogen) atoms. The van der Waals surface area contributed by atoms with Crippen LogP contribution in [-0.2, 0) is 106 Å². The average molecular weight is 1170 g/mol. The van der Waals surface area contributed by atoms with Gasteiger partial charge in [0, 0.05) is 80.3 Å². The van der Waals surface area contributed by atoms with Crippen LogP contribution in [0.15, 0.2) is 122 Å². The Morgan fingerprint density at radius 2 is 0.739 bits per heavy atom. The third-order valence-electron chi connectivity index (χ3n) is 5.97. The first-order chi connectivity index (χ1) is 31.4. The van der Waals surface area contributed by atoms with Gasteiger partial charge < -0.3 is 67.4 Å². The summed E-state index contributed by atoms with van der Waals surface area (Å²) >= 11 is 11.1. The molecule has 4 N–H and O–H groups in total. The van der Waals surface area contributed by atoms with Crippen molar-refractivity contribution >= 4 is 58.1 Å². The summed E-state index contributed by atoms with van der Waals surface area (Å²) in [6, 6.07) is 27.6. The second kappa shape index (κ2) is 75.9. The summed E-state index contributed by atoms with van der Waals surface area (Å²) in [7, 11) is 0. The zero-order valence-electron chi connectivity index (χ0n) is 38.0. The fourth-order valence-electron chi connectivity index (χ4n) is 3.56. The van der Waals surface area contributed by atoms with Crippen LogP contribution >= 0.6 is 36.7 Å². The van der Waals surface area contributed by atoms with Crippen LogP contribution in [0.5, 0.6) is 0 Å². The number of hydrogen-bond acceptors (Lipinski definition) is 18. The van der Waals surface area contributed by atoms with Crippen LogP contribution in [0.4, 0.5) is 0 Å². The Hall–Kier alpha value is -3.62. The number of carbonyl (C=O) groups excluding carboxylic acids is 1. The second-order valence-corrected chi connectivity index (χ2v) is 11.5. The monoisotopic (exact) mass is 1170 g/mol. The molecule has 18 nitrogen and oxygen atoms in total. The summed E-state index contributed by atoms with van der Waals surface area (Å²) in [5.74, 6) is -1.08.